The molecule has 0 aromatic heterocycles. The molecule has 0 N–H and O–H groups in total. The van der Waals surface area contributed by atoms with Crippen LogP contribution >= 0.6 is 22.6 Å². The third kappa shape index (κ3) is 2.64. The molecule has 0 saturated heterocycles. The van der Waals surface area contributed by atoms with Crippen LogP contribution in [0.2, 0.25) is 0 Å². The van der Waals surface area contributed by atoms with Crippen molar-refractivity contribution in [2.45, 2.75) is 0 Å². The molecule has 0 fully saturated rings. The van der Waals surface area contributed by atoms with Crippen molar-refractivity contribution in [2.24, 2.45) is 0 Å². The summed E-state index contributed by atoms with van der Waals surface area (Å²) in [5.74, 6) is 0. The van der Waals surface area contributed by atoms with Gasteiger partial charge in [0.25, 0.3) is 0 Å². The van der Waals surface area contributed by atoms with Crippen molar-refractivity contribution in [3.05, 3.63) is 57.2 Å². The zero-order valence-electron chi connectivity index (χ0n) is 8.81. The highest BCUT2D eigenvalue weighted by Crippen LogP contribution is 2.23. The number of hydrogen-bond acceptors (Lipinski definition) is 2. The van der Waals surface area contributed by atoms with Gasteiger partial charge >= 0.3 is 0 Å². The van der Waals surface area contributed by atoms with Crippen LogP contribution in [0.5, 0.6) is 0 Å². The first kappa shape index (κ1) is 11.6. The highest BCUT2D eigenvalue weighted by Gasteiger charge is 2.02. The SMILES string of the molecule is N#Cc1cc(C#N)cc(-c2ccc(I)cc2)c1. The van der Waals surface area contributed by atoms with Gasteiger partial charge in [0, 0.05) is 3.57 Å². The van der Waals surface area contributed by atoms with E-state index in [1.807, 2.05) is 24.3 Å². The van der Waals surface area contributed by atoms with E-state index < -0.39 is 0 Å². The van der Waals surface area contributed by atoms with Crippen LogP contribution in [-0.4, -0.2) is 0 Å². The highest BCUT2D eigenvalue weighted by atomic mass is 127. The van der Waals surface area contributed by atoms with E-state index in [0.717, 1.165) is 14.7 Å². The van der Waals surface area contributed by atoms with Gasteiger partial charge in [0.15, 0.2) is 0 Å². The molecule has 0 aliphatic carbocycles. The lowest BCUT2D eigenvalue weighted by Crippen LogP contribution is -1.84. The van der Waals surface area contributed by atoms with E-state index in [1.165, 1.54) is 0 Å². The topological polar surface area (TPSA) is 47.6 Å². The number of benzene rings is 2. The Kier molecular flexibility index (Phi) is 3.41. The Labute approximate surface area is 113 Å². The van der Waals surface area contributed by atoms with Crippen LogP contribution in [0.1, 0.15) is 11.1 Å². The molecule has 0 aliphatic rings. The van der Waals surface area contributed by atoms with E-state index in [1.54, 1.807) is 18.2 Å². The van der Waals surface area contributed by atoms with E-state index in [2.05, 4.69) is 34.7 Å². The van der Waals surface area contributed by atoms with Crippen molar-refractivity contribution in [2.75, 3.05) is 0 Å². The van der Waals surface area contributed by atoms with Crippen molar-refractivity contribution in [3.8, 4) is 23.3 Å². The second-order valence-corrected chi connectivity index (χ2v) is 4.78. The minimum Gasteiger partial charge on any atom is -0.192 e. The first-order valence-corrected chi connectivity index (χ1v) is 6.02. The molecule has 2 aromatic carbocycles. The first-order valence-electron chi connectivity index (χ1n) is 4.94. The Morgan fingerprint density at radius 1 is 0.765 bits per heavy atom. The van der Waals surface area contributed by atoms with E-state index in [4.69, 9.17) is 10.5 Å². The zero-order chi connectivity index (χ0) is 12.3. The number of rotatable bonds is 1. The van der Waals surface area contributed by atoms with Crippen molar-refractivity contribution < 1.29 is 0 Å². The van der Waals surface area contributed by atoms with E-state index in [0.29, 0.717) is 11.1 Å². The summed E-state index contributed by atoms with van der Waals surface area (Å²) in [6.45, 7) is 0. The standard InChI is InChI=1S/C14H7IN2/c15-14-3-1-12(2-4-14)13-6-10(8-16)5-11(7-13)9-17/h1-7H. The van der Waals surface area contributed by atoms with Gasteiger partial charge in [0.05, 0.1) is 23.3 Å². The van der Waals surface area contributed by atoms with Crippen LogP contribution in [0.15, 0.2) is 42.5 Å². The highest BCUT2D eigenvalue weighted by molar-refractivity contribution is 14.1. The molecule has 0 atom stereocenters. The number of nitrogens with zero attached hydrogens (tertiary/aromatic N) is 2. The van der Waals surface area contributed by atoms with Crippen molar-refractivity contribution in [1.29, 1.82) is 10.5 Å². The molecule has 0 spiro atoms. The maximum atomic E-state index is 8.91. The monoisotopic (exact) mass is 330 g/mol. The molecule has 2 nitrogen and oxygen atoms in total. The minimum absolute atomic E-state index is 0.512. The summed E-state index contributed by atoms with van der Waals surface area (Å²) in [4.78, 5) is 0. The number of hydrogen-bond donors (Lipinski definition) is 0. The Hall–Kier alpha value is -1.85. The molecule has 17 heavy (non-hydrogen) atoms. The largest absolute Gasteiger partial charge is 0.192 e. The van der Waals surface area contributed by atoms with Gasteiger partial charge in [0.2, 0.25) is 0 Å². The Bertz CT molecular complexity index is 599. The fourth-order valence-corrected chi connectivity index (χ4v) is 1.93. The first-order chi connectivity index (χ1) is 8.22. The van der Waals surface area contributed by atoms with Crippen LogP contribution in [0.3, 0.4) is 0 Å². The van der Waals surface area contributed by atoms with Gasteiger partial charge in [-0.05, 0) is 64.0 Å². The summed E-state index contributed by atoms with van der Waals surface area (Å²) in [6, 6.07) is 17.3. The van der Waals surface area contributed by atoms with Crippen molar-refractivity contribution in [1.82, 2.24) is 0 Å². The quantitative estimate of drug-likeness (QED) is 0.749. The molecular formula is C14H7IN2. The van der Waals surface area contributed by atoms with Crippen LogP contribution in [-0.2, 0) is 0 Å². The normalized spacial score (nSPS) is 9.35. The molecule has 0 bridgehead atoms. The lowest BCUT2D eigenvalue weighted by Gasteiger charge is -2.03. The molecule has 0 amide bonds. The molecule has 0 radical (unpaired) electrons. The van der Waals surface area contributed by atoms with Crippen LogP contribution < -0.4 is 0 Å². The second kappa shape index (κ2) is 4.99. The van der Waals surface area contributed by atoms with E-state index in [9.17, 15) is 0 Å². The molecule has 0 unspecified atom stereocenters. The van der Waals surface area contributed by atoms with Gasteiger partial charge in [-0.25, -0.2) is 0 Å². The van der Waals surface area contributed by atoms with Crippen LogP contribution in [0.4, 0.5) is 0 Å². The molecule has 3 heteroatoms. The summed E-state index contributed by atoms with van der Waals surface area (Å²) < 4.78 is 1.16. The Morgan fingerprint density at radius 3 is 1.76 bits per heavy atom. The summed E-state index contributed by atoms with van der Waals surface area (Å²) in [5, 5.41) is 17.8. The molecule has 0 aliphatic heterocycles. The molecule has 80 valence electrons. The van der Waals surface area contributed by atoms with Gasteiger partial charge < -0.3 is 0 Å². The maximum absolute atomic E-state index is 8.91. The fraction of sp³-hybridized carbons (Fsp3) is 0. The molecule has 2 rings (SSSR count). The van der Waals surface area contributed by atoms with Gasteiger partial charge in [0.1, 0.15) is 0 Å². The van der Waals surface area contributed by atoms with E-state index >= 15 is 0 Å². The predicted octanol–water partition coefficient (Wildman–Crippen LogP) is 3.70. The van der Waals surface area contributed by atoms with Crippen molar-refractivity contribution >= 4 is 22.6 Å². The third-order valence-electron chi connectivity index (χ3n) is 2.37. The summed E-state index contributed by atoms with van der Waals surface area (Å²) in [7, 11) is 0. The fourth-order valence-electron chi connectivity index (χ4n) is 1.57. The van der Waals surface area contributed by atoms with Crippen LogP contribution in [0.25, 0.3) is 11.1 Å². The lowest BCUT2D eigenvalue weighted by molar-refractivity contribution is 1.44. The average Bonchev–Trinajstić information content (AvgIpc) is 2.39. The molecule has 0 saturated carbocycles. The second-order valence-electron chi connectivity index (χ2n) is 3.53. The zero-order valence-corrected chi connectivity index (χ0v) is 11.0. The maximum Gasteiger partial charge on any atom is 0.0992 e. The van der Waals surface area contributed by atoms with Gasteiger partial charge in [-0.15, -0.1) is 0 Å². The predicted molar refractivity (Wildman–Crippen MR) is 74.0 cm³/mol. The molecule has 2 aromatic rings. The van der Waals surface area contributed by atoms with Gasteiger partial charge in [-0.1, -0.05) is 12.1 Å². The minimum atomic E-state index is 0.512. The molecular weight excluding hydrogens is 323 g/mol. The van der Waals surface area contributed by atoms with Crippen LogP contribution in [0, 0.1) is 26.2 Å². The third-order valence-corrected chi connectivity index (χ3v) is 3.09. The van der Waals surface area contributed by atoms with E-state index in [-0.39, 0.29) is 0 Å². The molecule has 0 heterocycles. The Morgan fingerprint density at radius 2 is 1.29 bits per heavy atom. The summed E-state index contributed by atoms with van der Waals surface area (Å²) >= 11 is 2.24. The summed E-state index contributed by atoms with van der Waals surface area (Å²) in [6.07, 6.45) is 0. The average molecular weight is 330 g/mol. The summed E-state index contributed by atoms with van der Waals surface area (Å²) in [5.41, 5.74) is 2.94. The van der Waals surface area contributed by atoms with Gasteiger partial charge in [-0.3, -0.25) is 0 Å². The van der Waals surface area contributed by atoms with Crippen molar-refractivity contribution in [3.63, 3.8) is 0 Å². The smallest absolute Gasteiger partial charge is 0.0992 e. The Balaban J connectivity index is 2.56. The number of halogens is 1. The van der Waals surface area contributed by atoms with Gasteiger partial charge in [-0.2, -0.15) is 10.5 Å². The lowest BCUT2D eigenvalue weighted by atomic mass is 10.0. The number of nitriles is 2.